The van der Waals surface area contributed by atoms with Gasteiger partial charge in [-0.05, 0) is 12.1 Å². The van der Waals surface area contributed by atoms with E-state index in [0.717, 1.165) is 0 Å². The Morgan fingerprint density at radius 3 is 2.00 bits per heavy atom. The first-order valence-electron chi connectivity index (χ1n) is 6.92. The van der Waals surface area contributed by atoms with Gasteiger partial charge in [0.05, 0.1) is 0 Å². The number of nitrogens with zero attached hydrogens (tertiary/aromatic N) is 1. The molecule has 0 saturated carbocycles. The van der Waals surface area contributed by atoms with E-state index >= 15 is 0 Å². The van der Waals surface area contributed by atoms with Gasteiger partial charge in [0.25, 0.3) is 5.91 Å². The van der Waals surface area contributed by atoms with E-state index in [9.17, 15) is 9.59 Å². The van der Waals surface area contributed by atoms with Crippen LogP contribution in [-0.4, -0.2) is 30.7 Å². The topological polar surface area (TPSA) is 49.4 Å². The molecule has 0 aromatic heterocycles. The molecule has 1 amide bonds. The zero-order chi connectivity index (χ0) is 15.9. The van der Waals surface area contributed by atoms with Crippen molar-refractivity contribution in [1.29, 1.82) is 0 Å². The Balaban J connectivity index is 2.27. The van der Waals surface area contributed by atoms with Gasteiger partial charge in [0.2, 0.25) is 0 Å². The molecule has 0 radical (unpaired) electrons. The van der Waals surface area contributed by atoms with Crippen LogP contribution in [0.3, 0.4) is 0 Å². The van der Waals surface area contributed by atoms with Crippen molar-refractivity contribution in [2.75, 3.05) is 19.4 Å². The van der Waals surface area contributed by atoms with Crippen LogP contribution in [0.2, 0.25) is 0 Å². The summed E-state index contributed by atoms with van der Waals surface area (Å²) in [6.07, 6.45) is 1.54. The van der Waals surface area contributed by atoms with Crippen molar-refractivity contribution in [3.8, 4) is 0 Å². The molecule has 0 atom stereocenters. The molecule has 0 fully saturated rings. The molecule has 0 aliphatic heterocycles. The second-order valence-corrected chi connectivity index (χ2v) is 5.02. The SMILES string of the molecule is CN(C)/C=C(/C(=O)Nc1ccccc1)C(=O)c1ccccc1. The maximum atomic E-state index is 12.6. The predicted octanol–water partition coefficient (Wildman–Crippen LogP) is 2.95. The van der Waals surface area contributed by atoms with Crippen LogP contribution in [0.4, 0.5) is 5.69 Å². The van der Waals surface area contributed by atoms with Crippen LogP contribution in [0.5, 0.6) is 0 Å². The second-order valence-electron chi connectivity index (χ2n) is 5.02. The summed E-state index contributed by atoms with van der Waals surface area (Å²) < 4.78 is 0. The van der Waals surface area contributed by atoms with Crippen molar-refractivity contribution >= 4 is 17.4 Å². The standard InChI is InChI=1S/C18H18N2O2/c1-20(2)13-16(17(21)14-9-5-3-6-10-14)18(22)19-15-11-7-4-8-12-15/h3-13H,1-2H3,(H,19,22)/b16-13+. The zero-order valence-electron chi connectivity index (χ0n) is 12.6. The molecular weight excluding hydrogens is 276 g/mol. The molecule has 1 N–H and O–H groups in total. The molecule has 22 heavy (non-hydrogen) atoms. The third-order valence-corrected chi connectivity index (χ3v) is 2.94. The lowest BCUT2D eigenvalue weighted by Crippen LogP contribution is -2.23. The first kappa shape index (κ1) is 15.5. The highest BCUT2D eigenvalue weighted by molar-refractivity contribution is 6.28. The Bertz CT molecular complexity index is 677. The molecule has 0 heterocycles. The van der Waals surface area contributed by atoms with Crippen LogP contribution in [-0.2, 0) is 4.79 Å². The number of para-hydroxylation sites is 1. The van der Waals surface area contributed by atoms with Crippen LogP contribution in [0.25, 0.3) is 0 Å². The molecule has 0 saturated heterocycles. The summed E-state index contributed by atoms with van der Waals surface area (Å²) in [5.74, 6) is -0.725. The van der Waals surface area contributed by atoms with Crippen LogP contribution in [0, 0.1) is 0 Å². The summed E-state index contributed by atoms with van der Waals surface area (Å²) in [5.41, 5.74) is 1.23. The van der Waals surface area contributed by atoms with E-state index < -0.39 is 5.91 Å². The molecule has 0 spiro atoms. The van der Waals surface area contributed by atoms with E-state index in [-0.39, 0.29) is 11.4 Å². The first-order valence-corrected chi connectivity index (χ1v) is 6.92. The number of hydrogen-bond donors (Lipinski definition) is 1. The number of benzene rings is 2. The van der Waals surface area contributed by atoms with E-state index in [1.807, 2.05) is 24.3 Å². The Morgan fingerprint density at radius 1 is 0.909 bits per heavy atom. The molecule has 4 nitrogen and oxygen atoms in total. The minimum atomic E-state index is -0.422. The number of ketones is 1. The Hall–Kier alpha value is -2.88. The predicted molar refractivity (Wildman–Crippen MR) is 87.6 cm³/mol. The monoisotopic (exact) mass is 294 g/mol. The molecule has 2 rings (SSSR count). The molecule has 0 unspecified atom stereocenters. The third-order valence-electron chi connectivity index (χ3n) is 2.94. The highest BCUT2D eigenvalue weighted by atomic mass is 16.2. The highest BCUT2D eigenvalue weighted by Gasteiger charge is 2.20. The van der Waals surface area contributed by atoms with E-state index in [1.165, 1.54) is 6.20 Å². The average molecular weight is 294 g/mol. The first-order chi connectivity index (χ1) is 10.6. The van der Waals surface area contributed by atoms with Gasteiger partial charge < -0.3 is 10.2 Å². The van der Waals surface area contributed by atoms with Gasteiger partial charge in [0.15, 0.2) is 5.78 Å². The molecule has 2 aromatic rings. The lowest BCUT2D eigenvalue weighted by Gasteiger charge is -2.12. The van der Waals surface area contributed by atoms with Gasteiger partial charge in [-0.2, -0.15) is 0 Å². The largest absolute Gasteiger partial charge is 0.383 e. The molecule has 0 aliphatic rings. The van der Waals surface area contributed by atoms with Crippen LogP contribution in [0.1, 0.15) is 10.4 Å². The minimum absolute atomic E-state index is 0.0973. The number of anilines is 1. The molecule has 0 bridgehead atoms. The second kappa shape index (κ2) is 7.22. The average Bonchev–Trinajstić information content (AvgIpc) is 2.53. The summed E-state index contributed by atoms with van der Waals surface area (Å²) in [4.78, 5) is 26.7. The van der Waals surface area contributed by atoms with Gasteiger partial charge >= 0.3 is 0 Å². The van der Waals surface area contributed by atoms with Crippen LogP contribution < -0.4 is 5.32 Å². The molecule has 2 aromatic carbocycles. The summed E-state index contributed by atoms with van der Waals surface area (Å²) in [7, 11) is 3.54. The van der Waals surface area contributed by atoms with Crippen molar-refractivity contribution in [2.45, 2.75) is 0 Å². The zero-order valence-corrected chi connectivity index (χ0v) is 12.6. The van der Waals surface area contributed by atoms with Gasteiger partial charge in [-0.1, -0.05) is 48.5 Å². The Labute approximate surface area is 130 Å². The van der Waals surface area contributed by atoms with Gasteiger partial charge in [0, 0.05) is 31.5 Å². The third kappa shape index (κ3) is 4.06. The number of carbonyl (C=O) groups excluding carboxylic acids is 2. The van der Waals surface area contributed by atoms with E-state index in [1.54, 1.807) is 55.4 Å². The summed E-state index contributed by atoms with van der Waals surface area (Å²) in [6, 6.07) is 17.8. The fraction of sp³-hybridized carbons (Fsp3) is 0.111. The van der Waals surface area contributed by atoms with Crippen molar-refractivity contribution in [1.82, 2.24) is 4.90 Å². The summed E-state index contributed by atoms with van der Waals surface area (Å²) in [5, 5.41) is 2.74. The van der Waals surface area contributed by atoms with E-state index in [4.69, 9.17) is 0 Å². The van der Waals surface area contributed by atoms with Gasteiger partial charge in [-0.15, -0.1) is 0 Å². The molecule has 0 aliphatic carbocycles. The number of Topliss-reactive ketones (excluding diaryl/α,β-unsaturated/α-hetero) is 1. The van der Waals surface area contributed by atoms with Gasteiger partial charge in [-0.25, -0.2) is 0 Å². The van der Waals surface area contributed by atoms with E-state index in [0.29, 0.717) is 11.3 Å². The molecular formula is C18H18N2O2. The number of rotatable bonds is 5. The number of hydrogen-bond acceptors (Lipinski definition) is 3. The minimum Gasteiger partial charge on any atom is -0.383 e. The Morgan fingerprint density at radius 2 is 1.45 bits per heavy atom. The van der Waals surface area contributed by atoms with Crippen LogP contribution >= 0.6 is 0 Å². The quantitative estimate of drug-likeness (QED) is 0.399. The van der Waals surface area contributed by atoms with Crippen molar-refractivity contribution in [3.05, 3.63) is 78.0 Å². The van der Waals surface area contributed by atoms with Crippen LogP contribution in [0.15, 0.2) is 72.4 Å². The lowest BCUT2D eigenvalue weighted by atomic mass is 10.0. The fourth-order valence-electron chi connectivity index (χ4n) is 1.94. The van der Waals surface area contributed by atoms with Crippen molar-refractivity contribution < 1.29 is 9.59 Å². The maximum Gasteiger partial charge on any atom is 0.261 e. The van der Waals surface area contributed by atoms with Gasteiger partial charge in [-0.3, -0.25) is 9.59 Å². The Kier molecular flexibility index (Phi) is 5.09. The normalized spacial score (nSPS) is 10.9. The number of carbonyl (C=O) groups is 2. The summed E-state index contributed by atoms with van der Waals surface area (Å²) in [6.45, 7) is 0. The summed E-state index contributed by atoms with van der Waals surface area (Å²) >= 11 is 0. The highest BCUT2D eigenvalue weighted by Crippen LogP contribution is 2.13. The smallest absolute Gasteiger partial charge is 0.261 e. The van der Waals surface area contributed by atoms with Crippen molar-refractivity contribution in [3.63, 3.8) is 0 Å². The van der Waals surface area contributed by atoms with Gasteiger partial charge in [0.1, 0.15) is 5.57 Å². The molecule has 4 heteroatoms. The number of amides is 1. The maximum absolute atomic E-state index is 12.6. The molecule has 112 valence electrons. The van der Waals surface area contributed by atoms with E-state index in [2.05, 4.69) is 5.32 Å². The fourth-order valence-corrected chi connectivity index (χ4v) is 1.94. The van der Waals surface area contributed by atoms with Crippen molar-refractivity contribution in [2.24, 2.45) is 0 Å². The lowest BCUT2D eigenvalue weighted by molar-refractivity contribution is -0.112. The number of nitrogens with one attached hydrogen (secondary N) is 1.